The summed E-state index contributed by atoms with van der Waals surface area (Å²) in [6.45, 7) is 0. The van der Waals surface area contributed by atoms with Gasteiger partial charge in [-0.15, -0.1) is 0 Å². The zero-order chi connectivity index (χ0) is 24.8. The van der Waals surface area contributed by atoms with Crippen LogP contribution in [0.15, 0.2) is 138 Å². The van der Waals surface area contributed by atoms with Crippen molar-refractivity contribution in [3.05, 3.63) is 138 Å². The third kappa shape index (κ3) is 3.74. The molecule has 1 heterocycles. The predicted octanol–water partition coefficient (Wildman–Crippen LogP) is 10.5. The molecule has 176 valence electrons. The largest absolute Gasteiger partial charge is 0.456 e. The molecule has 0 atom stereocenters. The standard InChI is InChI=1S/C34H22ClNO/c35-26-21-31(34-29-19-24-13-7-8-14-25(24)20-32(29)37-33(34)22-26)36(27-15-5-2-6-16-27)30-18-10-9-17-28(30)23-11-3-1-4-12-23/h1-22H. The number of hydrogen-bond donors (Lipinski definition) is 0. The normalized spacial score (nSPS) is 11.4. The molecule has 0 saturated carbocycles. The zero-order valence-corrected chi connectivity index (χ0v) is 20.7. The zero-order valence-electron chi connectivity index (χ0n) is 19.9. The molecule has 0 aliphatic rings. The number of para-hydroxylation sites is 2. The second-order valence-corrected chi connectivity index (χ2v) is 9.59. The van der Waals surface area contributed by atoms with Crippen molar-refractivity contribution in [2.24, 2.45) is 0 Å². The van der Waals surface area contributed by atoms with Crippen LogP contribution in [-0.4, -0.2) is 0 Å². The average molecular weight is 496 g/mol. The first-order valence-corrected chi connectivity index (χ1v) is 12.7. The van der Waals surface area contributed by atoms with Gasteiger partial charge < -0.3 is 9.32 Å². The molecule has 0 fully saturated rings. The van der Waals surface area contributed by atoms with Gasteiger partial charge in [0, 0.05) is 27.7 Å². The van der Waals surface area contributed by atoms with E-state index in [1.54, 1.807) is 0 Å². The first-order chi connectivity index (χ1) is 18.3. The molecule has 2 nitrogen and oxygen atoms in total. The summed E-state index contributed by atoms with van der Waals surface area (Å²) in [4.78, 5) is 2.29. The Bertz CT molecular complexity index is 1890. The van der Waals surface area contributed by atoms with Crippen LogP contribution in [-0.2, 0) is 0 Å². The average Bonchev–Trinajstić information content (AvgIpc) is 3.30. The molecule has 0 spiro atoms. The van der Waals surface area contributed by atoms with Gasteiger partial charge in [0.25, 0.3) is 0 Å². The Balaban J connectivity index is 1.58. The molecular weight excluding hydrogens is 474 g/mol. The predicted molar refractivity (Wildman–Crippen MR) is 156 cm³/mol. The maximum atomic E-state index is 6.75. The van der Waals surface area contributed by atoms with Crippen molar-refractivity contribution in [2.45, 2.75) is 0 Å². The molecule has 6 aromatic carbocycles. The smallest absolute Gasteiger partial charge is 0.139 e. The van der Waals surface area contributed by atoms with Gasteiger partial charge in [-0.3, -0.25) is 0 Å². The van der Waals surface area contributed by atoms with Gasteiger partial charge in [0.05, 0.1) is 16.8 Å². The van der Waals surface area contributed by atoms with Gasteiger partial charge >= 0.3 is 0 Å². The third-order valence-electron chi connectivity index (χ3n) is 6.87. The highest BCUT2D eigenvalue weighted by atomic mass is 35.5. The summed E-state index contributed by atoms with van der Waals surface area (Å²) in [5.74, 6) is 0. The fraction of sp³-hybridized carbons (Fsp3) is 0. The number of benzene rings is 6. The Kier molecular flexibility index (Phi) is 5.20. The molecule has 0 amide bonds. The van der Waals surface area contributed by atoms with E-state index in [0.717, 1.165) is 55.5 Å². The van der Waals surface area contributed by atoms with E-state index < -0.39 is 0 Å². The van der Waals surface area contributed by atoms with Crippen molar-refractivity contribution in [3.8, 4) is 11.1 Å². The van der Waals surface area contributed by atoms with Crippen molar-refractivity contribution in [1.29, 1.82) is 0 Å². The molecule has 3 heteroatoms. The molecule has 0 unspecified atom stereocenters. The van der Waals surface area contributed by atoms with Crippen molar-refractivity contribution in [3.63, 3.8) is 0 Å². The third-order valence-corrected chi connectivity index (χ3v) is 7.09. The number of nitrogens with zero attached hydrogens (tertiary/aromatic N) is 1. The Morgan fingerprint density at radius 2 is 1.19 bits per heavy atom. The van der Waals surface area contributed by atoms with Gasteiger partial charge in [0.2, 0.25) is 0 Å². The molecule has 7 rings (SSSR count). The Morgan fingerprint density at radius 3 is 1.97 bits per heavy atom. The highest BCUT2D eigenvalue weighted by molar-refractivity contribution is 6.32. The fourth-order valence-corrected chi connectivity index (χ4v) is 5.43. The van der Waals surface area contributed by atoms with Crippen LogP contribution in [0.5, 0.6) is 0 Å². The summed E-state index contributed by atoms with van der Waals surface area (Å²) in [6.07, 6.45) is 0. The van der Waals surface area contributed by atoms with Crippen LogP contribution >= 0.6 is 11.6 Å². The van der Waals surface area contributed by atoms with E-state index in [2.05, 4.69) is 114 Å². The molecule has 0 aliphatic carbocycles. The summed E-state index contributed by atoms with van der Waals surface area (Å²) >= 11 is 6.75. The topological polar surface area (TPSA) is 16.4 Å². The van der Waals surface area contributed by atoms with E-state index in [1.165, 1.54) is 5.39 Å². The molecule has 0 bridgehead atoms. The highest BCUT2D eigenvalue weighted by Gasteiger charge is 2.22. The lowest BCUT2D eigenvalue weighted by molar-refractivity contribution is 0.669. The molecule has 0 N–H and O–H groups in total. The molecule has 0 saturated heterocycles. The van der Waals surface area contributed by atoms with Crippen LogP contribution in [0.25, 0.3) is 43.8 Å². The van der Waals surface area contributed by atoms with Crippen LogP contribution in [0, 0.1) is 0 Å². The van der Waals surface area contributed by atoms with Crippen molar-refractivity contribution in [1.82, 2.24) is 0 Å². The van der Waals surface area contributed by atoms with Crippen molar-refractivity contribution >= 4 is 61.4 Å². The van der Waals surface area contributed by atoms with E-state index in [-0.39, 0.29) is 0 Å². The van der Waals surface area contributed by atoms with Gasteiger partial charge in [-0.25, -0.2) is 0 Å². The second-order valence-electron chi connectivity index (χ2n) is 9.15. The van der Waals surface area contributed by atoms with E-state index in [0.29, 0.717) is 5.02 Å². The van der Waals surface area contributed by atoms with Crippen LogP contribution in [0.3, 0.4) is 0 Å². The molecule has 0 radical (unpaired) electrons. The molecule has 7 aromatic rings. The second kappa shape index (κ2) is 8.85. The van der Waals surface area contributed by atoms with E-state index in [1.807, 2.05) is 24.3 Å². The lowest BCUT2D eigenvalue weighted by Gasteiger charge is -2.28. The first kappa shape index (κ1) is 21.7. The molecule has 0 aliphatic heterocycles. The van der Waals surface area contributed by atoms with Gasteiger partial charge in [-0.1, -0.05) is 103 Å². The van der Waals surface area contributed by atoms with Gasteiger partial charge in [-0.2, -0.15) is 0 Å². The summed E-state index contributed by atoms with van der Waals surface area (Å²) < 4.78 is 6.41. The van der Waals surface area contributed by atoms with E-state index >= 15 is 0 Å². The maximum absolute atomic E-state index is 6.75. The van der Waals surface area contributed by atoms with Crippen LogP contribution in [0.4, 0.5) is 17.1 Å². The minimum absolute atomic E-state index is 0.629. The molecule has 37 heavy (non-hydrogen) atoms. The fourth-order valence-electron chi connectivity index (χ4n) is 5.23. The maximum Gasteiger partial charge on any atom is 0.139 e. The number of furan rings is 1. The number of rotatable bonds is 4. The minimum Gasteiger partial charge on any atom is -0.456 e. The Morgan fingerprint density at radius 1 is 0.541 bits per heavy atom. The lowest BCUT2D eigenvalue weighted by Crippen LogP contribution is -2.11. The minimum atomic E-state index is 0.629. The van der Waals surface area contributed by atoms with E-state index in [9.17, 15) is 0 Å². The number of hydrogen-bond acceptors (Lipinski definition) is 2. The molecular formula is C34H22ClNO. The quantitative estimate of drug-likeness (QED) is 0.241. The SMILES string of the molecule is Clc1cc(N(c2ccccc2)c2ccccc2-c2ccccc2)c2c(c1)oc1cc3ccccc3cc12. The van der Waals surface area contributed by atoms with Gasteiger partial charge in [0.1, 0.15) is 11.2 Å². The van der Waals surface area contributed by atoms with Crippen LogP contribution in [0.1, 0.15) is 0 Å². The summed E-state index contributed by atoms with van der Waals surface area (Å²) in [5.41, 5.74) is 7.00. The highest BCUT2D eigenvalue weighted by Crippen LogP contribution is 2.47. The van der Waals surface area contributed by atoms with Gasteiger partial charge in [0.15, 0.2) is 0 Å². The number of fused-ring (bicyclic) bond motifs is 4. The van der Waals surface area contributed by atoms with Crippen molar-refractivity contribution < 1.29 is 4.42 Å². The lowest BCUT2D eigenvalue weighted by atomic mass is 10.0. The van der Waals surface area contributed by atoms with Crippen LogP contribution in [0.2, 0.25) is 5.02 Å². The Labute approximate surface area is 220 Å². The first-order valence-electron chi connectivity index (χ1n) is 12.3. The summed E-state index contributed by atoms with van der Waals surface area (Å²) in [5, 5.41) is 5.06. The van der Waals surface area contributed by atoms with E-state index in [4.69, 9.17) is 16.0 Å². The Hall–Kier alpha value is -4.53. The number of anilines is 3. The van der Waals surface area contributed by atoms with Crippen molar-refractivity contribution in [2.75, 3.05) is 4.90 Å². The van der Waals surface area contributed by atoms with Crippen LogP contribution < -0.4 is 4.90 Å². The monoisotopic (exact) mass is 495 g/mol. The van der Waals surface area contributed by atoms with Gasteiger partial charge in [-0.05, 0) is 52.7 Å². The number of halogens is 1. The summed E-state index contributed by atoms with van der Waals surface area (Å²) in [6, 6.07) is 46.1. The molecule has 1 aromatic heterocycles. The summed E-state index contributed by atoms with van der Waals surface area (Å²) in [7, 11) is 0.